The Kier molecular flexibility index (Phi) is 3.81. The molecule has 0 saturated heterocycles. The molecule has 2 aliphatic rings. The predicted octanol–water partition coefficient (Wildman–Crippen LogP) is 3.07. The number of aromatic nitrogens is 2. The van der Waals surface area contributed by atoms with E-state index in [-0.39, 0.29) is 12.7 Å². The van der Waals surface area contributed by atoms with Crippen LogP contribution >= 0.6 is 15.9 Å². The summed E-state index contributed by atoms with van der Waals surface area (Å²) in [5.41, 5.74) is 8.97. The zero-order chi connectivity index (χ0) is 17.6. The Morgan fingerprint density at radius 1 is 1.40 bits per heavy atom. The van der Waals surface area contributed by atoms with E-state index in [1.807, 2.05) is 12.1 Å². The van der Waals surface area contributed by atoms with Crippen LogP contribution in [0.2, 0.25) is 0 Å². The molecular weight excluding hydrogens is 388 g/mol. The number of aromatic amines is 1. The van der Waals surface area contributed by atoms with Crippen molar-refractivity contribution in [3.63, 3.8) is 0 Å². The lowest BCUT2D eigenvalue weighted by Gasteiger charge is -2.25. The van der Waals surface area contributed by atoms with E-state index in [0.29, 0.717) is 23.0 Å². The molecule has 1 aromatic carbocycles. The van der Waals surface area contributed by atoms with Crippen LogP contribution in [0.1, 0.15) is 36.1 Å². The second-order valence-corrected chi connectivity index (χ2v) is 6.68. The Morgan fingerprint density at radius 3 is 2.88 bits per heavy atom. The fourth-order valence-corrected chi connectivity index (χ4v) is 3.77. The van der Waals surface area contributed by atoms with Gasteiger partial charge in [0.1, 0.15) is 11.6 Å². The van der Waals surface area contributed by atoms with Crippen LogP contribution in [0.5, 0.6) is 17.4 Å². The fraction of sp³-hybridized carbons (Fsp3) is 0.294. The number of ether oxygens (including phenoxy) is 3. The third-order valence-electron chi connectivity index (χ3n) is 4.32. The Balaban J connectivity index is 1.94. The minimum atomic E-state index is -0.391. The lowest BCUT2D eigenvalue weighted by molar-refractivity contribution is 0.174. The van der Waals surface area contributed by atoms with Crippen molar-refractivity contribution < 1.29 is 14.2 Å². The molecule has 0 amide bonds. The van der Waals surface area contributed by atoms with Gasteiger partial charge in [-0.1, -0.05) is 29.3 Å². The van der Waals surface area contributed by atoms with Crippen molar-refractivity contribution in [1.82, 2.24) is 10.2 Å². The second kappa shape index (κ2) is 6.01. The van der Waals surface area contributed by atoms with Crippen LogP contribution in [0.15, 0.2) is 28.1 Å². The van der Waals surface area contributed by atoms with Gasteiger partial charge in [-0.15, -0.1) is 5.10 Å². The summed E-state index contributed by atoms with van der Waals surface area (Å²) in [6.07, 6.45) is 1.73. The zero-order valence-electron chi connectivity index (χ0n) is 13.4. The average Bonchev–Trinajstić information content (AvgIpc) is 3.20. The van der Waals surface area contributed by atoms with Gasteiger partial charge >= 0.3 is 0 Å². The van der Waals surface area contributed by atoms with E-state index in [2.05, 4.69) is 39.1 Å². The normalized spacial score (nSPS) is 17.9. The lowest BCUT2D eigenvalue weighted by atomic mass is 9.83. The quantitative estimate of drug-likeness (QED) is 0.816. The number of allylic oxidation sites excluding steroid dienone is 1. The van der Waals surface area contributed by atoms with Crippen molar-refractivity contribution in [2.45, 2.75) is 25.7 Å². The van der Waals surface area contributed by atoms with E-state index < -0.39 is 5.92 Å². The fourth-order valence-electron chi connectivity index (χ4n) is 3.21. The van der Waals surface area contributed by atoms with Gasteiger partial charge in [-0.2, -0.15) is 5.26 Å². The summed E-state index contributed by atoms with van der Waals surface area (Å²) >= 11 is 3.59. The number of nitrogens with two attached hydrogens (primary N) is 1. The van der Waals surface area contributed by atoms with Crippen LogP contribution < -0.4 is 19.9 Å². The number of nitriles is 1. The minimum absolute atomic E-state index is 0.0686. The summed E-state index contributed by atoms with van der Waals surface area (Å²) in [6.45, 7) is 2.26. The number of H-pyrrole nitrogens is 1. The van der Waals surface area contributed by atoms with Gasteiger partial charge in [-0.05, 0) is 24.1 Å². The second-order valence-electron chi connectivity index (χ2n) is 5.82. The summed E-state index contributed by atoms with van der Waals surface area (Å²) in [5.74, 6) is 1.40. The van der Waals surface area contributed by atoms with Crippen LogP contribution in [-0.4, -0.2) is 17.0 Å². The molecule has 3 N–H and O–H groups in total. The molecule has 0 bridgehead atoms. The minimum Gasteiger partial charge on any atom is -0.454 e. The smallest absolute Gasteiger partial charge is 0.244 e. The first-order valence-electron chi connectivity index (χ1n) is 7.87. The largest absolute Gasteiger partial charge is 0.454 e. The Hall–Kier alpha value is -2.66. The maximum Gasteiger partial charge on any atom is 0.244 e. The Bertz CT molecular complexity index is 929. The van der Waals surface area contributed by atoms with E-state index in [0.717, 1.165) is 34.1 Å². The van der Waals surface area contributed by atoms with Gasteiger partial charge in [0.15, 0.2) is 11.5 Å². The van der Waals surface area contributed by atoms with Crippen molar-refractivity contribution >= 4 is 15.9 Å². The van der Waals surface area contributed by atoms with Gasteiger partial charge in [0.05, 0.1) is 5.92 Å². The van der Waals surface area contributed by atoms with Crippen molar-refractivity contribution in [1.29, 1.82) is 5.26 Å². The first kappa shape index (κ1) is 15.8. The molecule has 2 aromatic rings. The average molecular weight is 403 g/mol. The Morgan fingerprint density at radius 2 is 2.16 bits per heavy atom. The van der Waals surface area contributed by atoms with Crippen molar-refractivity contribution in [2.24, 2.45) is 5.73 Å². The van der Waals surface area contributed by atoms with Crippen LogP contribution in [0.3, 0.4) is 0 Å². The molecule has 1 atom stereocenters. The molecule has 2 aliphatic heterocycles. The highest BCUT2D eigenvalue weighted by Crippen LogP contribution is 2.48. The van der Waals surface area contributed by atoms with Crippen LogP contribution in [-0.2, 0) is 6.42 Å². The number of halogens is 1. The van der Waals surface area contributed by atoms with Crippen LogP contribution in [0.25, 0.3) is 0 Å². The molecule has 128 valence electrons. The Labute approximate surface area is 152 Å². The van der Waals surface area contributed by atoms with Gasteiger partial charge < -0.3 is 19.9 Å². The van der Waals surface area contributed by atoms with Gasteiger partial charge in [-0.25, -0.2) is 0 Å². The highest BCUT2D eigenvalue weighted by atomic mass is 79.9. The van der Waals surface area contributed by atoms with E-state index >= 15 is 0 Å². The summed E-state index contributed by atoms with van der Waals surface area (Å²) in [5, 5.41) is 16.9. The monoisotopic (exact) mass is 402 g/mol. The molecule has 0 aliphatic carbocycles. The first-order valence-corrected chi connectivity index (χ1v) is 8.67. The molecule has 7 nitrogen and oxygen atoms in total. The number of hydrogen-bond donors (Lipinski definition) is 2. The number of rotatable bonds is 3. The lowest BCUT2D eigenvalue weighted by Crippen LogP contribution is -2.21. The van der Waals surface area contributed by atoms with E-state index in [1.54, 1.807) is 0 Å². The zero-order valence-corrected chi connectivity index (χ0v) is 15.0. The van der Waals surface area contributed by atoms with Crippen molar-refractivity contribution in [3.8, 4) is 23.4 Å². The van der Waals surface area contributed by atoms with E-state index in [4.69, 9.17) is 19.9 Å². The summed E-state index contributed by atoms with van der Waals surface area (Å²) < 4.78 is 17.3. The molecule has 0 radical (unpaired) electrons. The van der Waals surface area contributed by atoms with Gasteiger partial charge in [0.2, 0.25) is 18.6 Å². The van der Waals surface area contributed by atoms with Crippen molar-refractivity contribution in [2.75, 3.05) is 6.79 Å². The van der Waals surface area contributed by atoms with Crippen LogP contribution in [0, 0.1) is 11.3 Å². The molecule has 3 heterocycles. The molecule has 0 spiro atoms. The summed E-state index contributed by atoms with van der Waals surface area (Å²) in [4.78, 5) is 0. The number of fused-ring (bicyclic) bond motifs is 2. The first-order chi connectivity index (χ1) is 12.1. The number of benzene rings is 1. The molecule has 0 saturated carbocycles. The summed E-state index contributed by atoms with van der Waals surface area (Å²) in [7, 11) is 0. The number of nitrogens with one attached hydrogen (secondary N) is 1. The highest BCUT2D eigenvalue weighted by Gasteiger charge is 2.36. The molecule has 1 aromatic heterocycles. The van der Waals surface area contributed by atoms with Gasteiger partial charge in [0.25, 0.3) is 0 Å². The van der Waals surface area contributed by atoms with Gasteiger partial charge in [0, 0.05) is 15.7 Å². The van der Waals surface area contributed by atoms with Crippen molar-refractivity contribution in [3.05, 3.63) is 44.9 Å². The third-order valence-corrected chi connectivity index (χ3v) is 5.01. The number of nitrogens with zero attached hydrogens (tertiary/aromatic N) is 2. The SMILES string of the molecule is CCCc1[nH]nc2c1[C@H](c1cc3c(cc1Br)OCO3)C(C#N)=C(N)O2. The molecule has 0 unspecified atom stereocenters. The standard InChI is InChI=1S/C17H15BrN4O3/c1-2-3-11-15-14(9(6-19)16(20)25-17(15)22-21-11)8-4-12-13(5-10(8)18)24-7-23-12/h4-5,14H,2-3,7,20H2,1H3,(H,21,22)/t14-/m1/s1. The maximum absolute atomic E-state index is 9.69. The predicted molar refractivity (Wildman–Crippen MR) is 92.1 cm³/mol. The van der Waals surface area contributed by atoms with E-state index in [1.165, 1.54) is 0 Å². The maximum atomic E-state index is 9.69. The molecule has 8 heteroatoms. The number of aryl methyl sites for hydroxylation is 1. The molecular formula is C17H15BrN4O3. The molecule has 4 rings (SSSR count). The van der Waals surface area contributed by atoms with Crippen LogP contribution in [0.4, 0.5) is 0 Å². The third kappa shape index (κ3) is 2.43. The van der Waals surface area contributed by atoms with E-state index in [9.17, 15) is 5.26 Å². The van der Waals surface area contributed by atoms with Gasteiger partial charge in [-0.3, -0.25) is 5.10 Å². The topological polar surface area (TPSA) is 106 Å². The molecule has 0 fully saturated rings. The summed E-state index contributed by atoms with van der Waals surface area (Å²) in [6, 6.07) is 5.91. The molecule has 25 heavy (non-hydrogen) atoms. The highest BCUT2D eigenvalue weighted by molar-refractivity contribution is 9.10. The number of hydrogen-bond acceptors (Lipinski definition) is 6.